The van der Waals surface area contributed by atoms with Gasteiger partial charge in [-0.3, -0.25) is 9.59 Å². The second-order valence-corrected chi connectivity index (χ2v) is 12.6. The Morgan fingerprint density at radius 2 is 1.61 bits per heavy atom. The molecule has 2 rings (SSSR count). The molecule has 0 spiro atoms. The fourth-order valence-corrected chi connectivity index (χ4v) is 5.24. The molecule has 1 aliphatic heterocycles. The molecule has 206 valence electrons. The van der Waals surface area contributed by atoms with Crippen molar-refractivity contribution in [3.8, 4) is 0 Å². The van der Waals surface area contributed by atoms with Crippen molar-refractivity contribution in [1.29, 1.82) is 0 Å². The standard InChI is InChI=1S/C26H48BN3O6/c1-10-13-20(31)30(9)26(21(32)29-23(2,3)4,18-16-19(17-18)28-22(33)34)14-11-12-15-27-35-24(5,6)25(7,8)36-27/h18-19,28H,10-17H2,1-9H3,(H,29,32)(H,33,34). The van der Waals surface area contributed by atoms with Crippen LogP contribution < -0.4 is 10.6 Å². The highest BCUT2D eigenvalue weighted by atomic mass is 16.7. The zero-order valence-corrected chi connectivity index (χ0v) is 23.8. The van der Waals surface area contributed by atoms with Crippen molar-refractivity contribution in [3.05, 3.63) is 0 Å². The molecule has 0 aromatic carbocycles. The lowest BCUT2D eigenvalue weighted by molar-refractivity contribution is -0.155. The molecular formula is C26H48BN3O6. The summed E-state index contributed by atoms with van der Waals surface area (Å²) in [6.07, 6.45) is 3.69. The summed E-state index contributed by atoms with van der Waals surface area (Å²) in [5.74, 6) is -0.377. The Bertz CT molecular complexity index is 790. The molecule has 1 aliphatic carbocycles. The lowest BCUT2D eigenvalue weighted by Crippen LogP contribution is -2.69. The Morgan fingerprint density at radius 1 is 1.06 bits per heavy atom. The van der Waals surface area contributed by atoms with Crippen LogP contribution >= 0.6 is 0 Å². The van der Waals surface area contributed by atoms with Gasteiger partial charge in [0, 0.05) is 25.0 Å². The van der Waals surface area contributed by atoms with E-state index in [0.717, 1.165) is 6.42 Å². The van der Waals surface area contributed by atoms with Gasteiger partial charge in [0.2, 0.25) is 11.8 Å². The summed E-state index contributed by atoms with van der Waals surface area (Å²) in [6.45, 7) is 15.8. The minimum Gasteiger partial charge on any atom is -0.465 e. The lowest BCUT2D eigenvalue weighted by Gasteiger charge is -2.52. The Hall–Kier alpha value is -1.81. The molecule has 36 heavy (non-hydrogen) atoms. The van der Waals surface area contributed by atoms with Crippen molar-refractivity contribution < 1.29 is 28.8 Å². The topological polar surface area (TPSA) is 117 Å². The van der Waals surface area contributed by atoms with Crippen molar-refractivity contribution in [2.45, 2.75) is 135 Å². The van der Waals surface area contributed by atoms with Gasteiger partial charge in [-0.15, -0.1) is 0 Å². The van der Waals surface area contributed by atoms with Crippen LogP contribution in [0.3, 0.4) is 0 Å². The van der Waals surface area contributed by atoms with Crippen LogP contribution in [0.25, 0.3) is 0 Å². The lowest BCUT2D eigenvalue weighted by atomic mass is 9.64. The van der Waals surface area contributed by atoms with Crippen molar-refractivity contribution >= 4 is 25.0 Å². The van der Waals surface area contributed by atoms with Crippen LogP contribution in [-0.4, -0.2) is 70.4 Å². The summed E-state index contributed by atoms with van der Waals surface area (Å²) >= 11 is 0. The largest absolute Gasteiger partial charge is 0.465 e. The minimum atomic E-state index is -1.07. The van der Waals surface area contributed by atoms with Crippen LogP contribution in [0.15, 0.2) is 0 Å². The Morgan fingerprint density at radius 3 is 2.08 bits per heavy atom. The van der Waals surface area contributed by atoms with Crippen LogP contribution in [0.5, 0.6) is 0 Å². The molecule has 3 amide bonds. The number of rotatable bonds is 11. The molecule has 2 aliphatic rings. The molecule has 9 nitrogen and oxygen atoms in total. The number of nitrogens with zero attached hydrogens (tertiary/aromatic N) is 1. The fraction of sp³-hybridized carbons (Fsp3) is 0.885. The molecule has 3 N–H and O–H groups in total. The van der Waals surface area contributed by atoms with Crippen molar-refractivity contribution in [3.63, 3.8) is 0 Å². The predicted octanol–water partition coefficient (Wildman–Crippen LogP) is 4.21. The van der Waals surface area contributed by atoms with Gasteiger partial charge in [0.1, 0.15) is 5.54 Å². The number of amides is 3. The molecule has 10 heteroatoms. The monoisotopic (exact) mass is 509 g/mol. The van der Waals surface area contributed by atoms with E-state index in [1.54, 1.807) is 11.9 Å². The number of likely N-dealkylation sites (N-methyl/N-ethyl adjacent to an activating group) is 1. The smallest absolute Gasteiger partial charge is 0.457 e. The minimum absolute atomic E-state index is 0.0674. The molecule has 1 unspecified atom stereocenters. The summed E-state index contributed by atoms with van der Waals surface area (Å²) in [5, 5.41) is 14.8. The van der Waals surface area contributed by atoms with E-state index >= 15 is 0 Å². The van der Waals surface area contributed by atoms with Gasteiger partial charge in [0.15, 0.2) is 0 Å². The molecule has 1 saturated carbocycles. The second-order valence-electron chi connectivity index (χ2n) is 12.6. The van der Waals surface area contributed by atoms with Crippen LogP contribution in [-0.2, 0) is 18.9 Å². The number of nitrogens with one attached hydrogen (secondary N) is 2. The fourth-order valence-electron chi connectivity index (χ4n) is 5.24. The van der Waals surface area contributed by atoms with E-state index in [1.807, 2.05) is 55.4 Å². The van der Waals surface area contributed by atoms with E-state index in [-0.39, 0.29) is 42.1 Å². The summed E-state index contributed by atoms with van der Waals surface area (Å²) in [5.41, 5.74) is -2.30. The predicted molar refractivity (Wildman–Crippen MR) is 141 cm³/mol. The molecule has 1 atom stereocenters. The normalized spacial score (nSPS) is 24.4. The Labute approximate surface area is 217 Å². The number of carbonyl (C=O) groups is 3. The van der Waals surface area contributed by atoms with Gasteiger partial charge in [-0.05, 0) is 86.4 Å². The van der Waals surface area contributed by atoms with E-state index in [4.69, 9.17) is 14.4 Å². The zero-order chi connectivity index (χ0) is 27.5. The first-order valence-electron chi connectivity index (χ1n) is 13.4. The molecule has 0 bridgehead atoms. The number of hydrogen-bond acceptors (Lipinski definition) is 5. The molecule has 2 fully saturated rings. The van der Waals surface area contributed by atoms with Gasteiger partial charge in [-0.25, -0.2) is 4.79 Å². The van der Waals surface area contributed by atoms with E-state index in [0.29, 0.717) is 44.8 Å². The summed E-state index contributed by atoms with van der Waals surface area (Å²) in [7, 11) is 1.42. The summed E-state index contributed by atoms with van der Waals surface area (Å²) < 4.78 is 12.3. The van der Waals surface area contributed by atoms with Crippen LogP contribution in [0.4, 0.5) is 4.79 Å². The van der Waals surface area contributed by atoms with E-state index < -0.39 is 17.2 Å². The first-order chi connectivity index (χ1) is 16.4. The number of carboxylic acid groups (broad SMARTS) is 1. The average Bonchev–Trinajstić information content (AvgIpc) is 2.89. The van der Waals surface area contributed by atoms with Crippen LogP contribution in [0.1, 0.15) is 100 Å². The van der Waals surface area contributed by atoms with E-state index in [1.165, 1.54) is 0 Å². The maximum Gasteiger partial charge on any atom is 0.457 e. The van der Waals surface area contributed by atoms with Gasteiger partial charge < -0.3 is 29.9 Å². The van der Waals surface area contributed by atoms with Crippen molar-refractivity contribution in [1.82, 2.24) is 15.5 Å². The maximum absolute atomic E-state index is 13.9. The highest BCUT2D eigenvalue weighted by Crippen LogP contribution is 2.44. The van der Waals surface area contributed by atoms with Crippen molar-refractivity contribution in [2.75, 3.05) is 7.05 Å². The van der Waals surface area contributed by atoms with Gasteiger partial charge in [0.25, 0.3) is 0 Å². The Kier molecular flexibility index (Phi) is 9.54. The third-order valence-electron chi connectivity index (χ3n) is 8.01. The van der Waals surface area contributed by atoms with Crippen molar-refractivity contribution in [2.24, 2.45) is 5.92 Å². The molecule has 1 heterocycles. The zero-order valence-electron chi connectivity index (χ0n) is 23.8. The molecule has 0 radical (unpaired) electrons. The van der Waals surface area contributed by atoms with Crippen LogP contribution in [0, 0.1) is 5.92 Å². The average molecular weight is 509 g/mol. The summed E-state index contributed by atoms with van der Waals surface area (Å²) in [4.78, 5) is 39.9. The van der Waals surface area contributed by atoms with Gasteiger partial charge in [-0.1, -0.05) is 19.8 Å². The van der Waals surface area contributed by atoms with Crippen LogP contribution in [0.2, 0.25) is 6.32 Å². The molecule has 0 aromatic heterocycles. The highest BCUT2D eigenvalue weighted by Gasteiger charge is 2.55. The first kappa shape index (κ1) is 30.4. The van der Waals surface area contributed by atoms with E-state index in [2.05, 4.69) is 10.6 Å². The molecule has 1 saturated heterocycles. The molecule has 0 aromatic rings. The number of unbranched alkanes of at least 4 members (excludes halogenated alkanes) is 1. The first-order valence-corrected chi connectivity index (χ1v) is 13.4. The third kappa shape index (κ3) is 6.94. The van der Waals surface area contributed by atoms with E-state index in [9.17, 15) is 14.4 Å². The quantitative estimate of drug-likeness (QED) is 0.284. The second kappa shape index (κ2) is 11.3. The maximum atomic E-state index is 13.9. The van der Waals surface area contributed by atoms with Gasteiger partial charge in [0.05, 0.1) is 11.2 Å². The number of carbonyl (C=O) groups excluding carboxylic acids is 2. The SMILES string of the molecule is CCCC(=O)N(C)C(CCCCB1OC(C)(C)C(C)(C)O1)(C(=O)NC(C)(C)C)C1CC(NC(=O)O)C1. The third-order valence-corrected chi connectivity index (χ3v) is 8.01. The molecular weight excluding hydrogens is 461 g/mol. The Balaban J connectivity index is 2.23. The summed E-state index contributed by atoms with van der Waals surface area (Å²) in [6, 6.07) is -0.214. The highest BCUT2D eigenvalue weighted by molar-refractivity contribution is 6.45. The number of hydrogen-bond donors (Lipinski definition) is 3. The van der Waals surface area contributed by atoms with Gasteiger partial charge in [-0.2, -0.15) is 0 Å². The van der Waals surface area contributed by atoms with Gasteiger partial charge >= 0.3 is 13.2 Å².